The van der Waals surface area contributed by atoms with Crippen LogP contribution in [0.5, 0.6) is 0 Å². The second-order valence-corrected chi connectivity index (χ2v) is 6.40. The van der Waals surface area contributed by atoms with Crippen molar-refractivity contribution in [3.8, 4) is 0 Å². The molecule has 1 amide bonds. The van der Waals surface area contributed by atoms with Crippen LogP contribution in [0.25, 0.3) is 11.0 Å². The van der Waals surface area contributed by atoms with Crippen LogP contribution in [-0.2, 0) is 6.18 Å². The maximum atomic E-state index is 12.9. The van der Waals surface area contributed by atoms with Crippen LogP contribution in [0.4, 0.5) is 30.4 Å². The molecule has 0 unspecified atom stereocenters. The number of rotatable bonds is 4. The lowest BCUT2D eigenvalue weighted by atomic mass is 10.1. The molecule has 0 aliphatic carbocycles. The van der Waals surface area contributed by atoms with Crippen molar-refractivity contribution in [1.29, 1.82) is 0 Å². The predicted molar refractivity (Wildman–Crippen MR) is 106 cm³/mol. The minimum Gasteiger partial charge on any atom is -0.340 e. The summed E-state index contributed by atoms with van der Waals surface area (Å²) in [6.45, 7) is 0. The Kier molecular flexibility index (Phi) is 4.74. The van der Waals surface area contributed by atoms with E-state index in [1.54, 1.807) is 24.3 Å². The van der Waals surface area contributed by atoms with Crippen molar-refractivity contribution in [2.24, 2.45) is 0 Å². The summed E-state index contributed by atoms with van der Waals surface area (Å²) in [6.07, 6.45) is -3.07. The summed E-state index contributed by atoms with van der Waals surface area (Å²) in [7, 11) is 0. The number of aromatic amines is 2. The zero-order valence-electron chi connectivity index (χ0n) is 15.2. The number of amides is 1. The van der Waals surface area contributed by atoms with Gasteiger partial charge >= 0.3 is 11.9 Å². The van der Waals surface area contributed by atoms with E-state index in [2.05, 4.69) is 25.6 Å². The Balaban J connectivity index is 1.59. The molecule has 4 N–H and O–H groups in total. The van der Waals surface area contributed by atoms with Gasteiger partial charge in [0.25, 0.3) is 5.91 Å². The minimum absolute atomic E-state index is 0.102. The molecule has 0 saturated carbocycles. The van der Waals surface area contributed by atoms with E-state index >= 15 is 0 Å². The fourth-order valence-electron chi connectivity index (χ4n) is 2.91. The Morgan fingerprint density at radius 3 is 2.53 bits per heavy atom. The van der Waals surface area contributed by atoms with E-state index in [0.29, 0.717) is 16.7 Å². The van der Waals surface area contributed by atoms with Crippen molar-refractivity contribution < 1.29 is 18.0 Å². The minimum atomic E-state index is -4.49. The van der Waals surface area contributed by atoms with Gasteiger partial charge in [-0.2, -0.15) is 13.2 Å². The van der Waals surface area contributed by atoms with Gasteiger partial charge in [0.2, 0.25) is 0 Å². The van der Waals surface area contributed by atoms with E-state index in [1.165, 1.54) is 24.4 Å². The van der Waals surface area contributed by atoms with Crippen LogP contribution in [0.15, 0.2) is 65.6 Å². The van der Waals surface area contributed by atoms with E-state index in [4.69, 9.17) is 0 Å². The van der Waals surface area contributed by atoms with Gasteiger partial charge in [0.05, 0.1) is 22.2 Å². The Bertz CT molecular complexity index is 1290. The second kappa shape index (κ2) is 7.39. The number of fused-ring (bicyclic) bond motifs is 1. The molecule has 2 aromatic heterocycles. The summed E-state index contributed by atoms with van der Waals surface area (Å²) in [6, 6.07) is 12.5. The lowest BCUT2D eigenvalue weighted by molar-refractivity contribution is -0.137. The van der Waals surface area contributed by atoms with Crippen LogP contribution in [0.2, 0.25) is 0 Å². The van der Waals surface area contributed by atoms with E-state index in [9.17, 15) is 22.8 Å². The average Bonchev–Trinajstić information content (AvgIpc) is 3.07. The molecular weight excluding hydrogens is 399 g/mol. The molecule has 4 aromatic rings. The number of halogens is 3. The molecule has 4 rings (SSSR count). The van der Waals surface area contributed by atoms with Gasteiger partial charge < -0.3 is 20.6 Å². The van der Waals surface area contributed by atoms with Gasteiger partial charge in [-0.15, -0.1) is 0 Å². The Morgan fingerprint density at radius 2 is 1.73 bits per heavy atom. The van der Waals surface area contributed by atoms with E-state index in [0.717, 1.165) is 12.1 Å². The number of carbonyl (C=O) groups excluding carboxylic acids is 1. The monoisotopic (exact) mass is 413 g/mol. The van der Waals surface area contributed by atoms with Gasteiger partial charge in [0.15, 0.2) is 0 Å². The van der Waals surface area contributed by atoms with Crippen molar-refractivity contribution >= 4 is 34.1 Å². The fraction of sp³-hybridized carbons (Fsp3) is 0.0500. The molecule has 0 atom stereocenters. The van der Waals surface area contributed by atoms with Crippen molar-refractivity contribution in [3.63, 3.8) is 0 Å². The fourth-order valence-corrected chi connectivity index (χ4v) is 2.91. The van der Waals surface area contributed by atoms with Crippen LogP contribution in [0, 0.1) is 0 Å². The number of aromatic nitrogens is 3. The number of pyridine rings is 1. The molecule has 0 radical (unpaired) electrons. The van der Waals surface area contributed by atoms with Crippen LogP contribution in [0.3, 0.4) is 0 Å². The maximum Gasteiger partial charge on any atom is 0.416 e. The number of hydrogen-bond donors (Lipinski definition) is 4. The first-order chi connectivity index (χ1) is 14.3. The highest BCUT2D eigenvalue weighted by Crippen LogP contribution is 2.31. The van der Waals surface area contributed by atoms with Crippen molar-refractivity contribution in [2.45, 2.75) is 6.18 Å². The molecule has 0 saturated heterocycles. The Morgan fingerprint density at radius 1 is 0.933 bits per heavy atom. The van der Waals surface area contributed by atoms with Gasteiger partial charge in [-0.1, -0.05) is 6.07 Å². The molecule has 0 fully saturated rings. The molecule has 30 heavy (non-hydrogen) atoms. The standard InChI is InChI=1S/C20H14F3N5O2/c21-20(22,23)11-3-1-4-12(9-11)25-17-14(5-2-8-24-17)18(29)26-13-6-7-15-16(10-13)28-19(30)27-15/h1-10H,(H,24,25)(H,26,29)(H2,27,28,30). The van der Waals surface area contributed by atoms with E-state index < -0.39 is 17.6 Å². The Labute approximate surface area is 167 Å². The number of benzene rings is 2. The van der Waals surface area contributed by atoms with Crippen molar-refractivity contribution in [3.05, 3.63) is 82.4 Å². The zero-order chi connectivity index (χ0) is 21.3. The third-order valence-electron chi connectivity index (χ3n) is 4.28. The largest absolute Gasteiger partial charge is 0.416 e. The summed E-state index contributed by atoms with van der Waals surface area (Å²) in [5.74, 6) is -0.416. The number of H-pyrrole nitrogens is 2. The quantitative estimate of drug-likeness (QED) is 0.401. The molecule has 2 aromatic carbocycles. The van der Waals surface area contributed by atoms with Crippen LogP contribution in [0.1, 0.15) is 15.9 Å². The first kappa shape index (κ1) is 19.2. The SMILES string of the molecule is O=C(Nc1ccc2[nH]c(=O)[nH]c2c1)c1cccnc1Nc1cccc(C(F)(F)F)c1. The lowest BCUT2D eigenvalue weighted by Crippen LogP contribution is -2.14. The molecule has 152 valence electrons. The molecule has 0 spiro atoms. The highest BCUT2D eigenvalue weighted by atomic mass is 19.4. The number of nitrogens with one attached hydrogen (secondary N) is 4. The summed E-state index contributed by atoms with van der Waals surface area (Å²) in [5, 5.41) is 5.45. The highest BCUT2D eigenvalue weighted by molar-refractivity contribution is 6.08. The second-order valence-electron chi connectivity index (χ2n) is 6.40. The van der Waals surface area contributed by atoms with Gasteiger partial charge in [0, 0.05) is 17.6 Å². The first-order valence-electron chi connectivity index (χ1n) is 8.72. The highest BCUT2D eigenvalue weighted by Gasteiger charge is 2.30. The summed E-state index contributed by atoms with van der Waals surface area (Å²) < 4.78 is 38.8. The third kappa shape index (κ3) is 4.02. The first-order valence-corrected chi connectivity index (χ1v) is 8.72. The zero-order valence-corrected chi connectivity index (χ0v) is 15.2. The number of carbonyl (C=O) groups is 1. The molecule has 2 heterocycles. The number of hydrogen-bond acceptors (Lipinski definition) is 4. The van der Waals surface area contributed by atoms with E-state index in [1.807, 2.05) is 0 Å². The molecule has 0 bridgehead atoms. The lowest BCUT2D eigenvalue weighted by Gasteiger charge is -2.13. The maximum absolute atomic E-state index is 12.9. The Hall–Kier alpha value is -4.08. The average molecular weight is 413 g/mol. The van der Waals surface area contributed by atoms with Crippen molar-refractivity contribution in [1.82, 2.24) is 15.0 Å². The summed E-state index contributed by atoms with van der Waals surface area (Å²) in [5.41, 5.74) is 0.632. The normalized spacial score (nSPS) is 11.4. The van der Waals surface area contributed by atoms with Crippen LogP contribution < -0.4 is 16.3 Å². The number of alkyl halides is 3. The number of imidazole rings is 1. The van der Waals surface area contributed by atoms with Crippen LogP contribution in [-0.4, -0.2) is 20.9 Å². The molecule has 0 aliphatic rings. The van der Waals surface area contributed by atoms with Gasteiger partial charge in [-0.25, -0.2) is 9.78 Å². The van der Waals surface area contributed by atoms with Gasteiger partial charge in [-0.05, 0) is 48.5 Å². The predicted octanol–water partition coefficient (Wildman–Crippen LogP) is 4.27. The molecular formula is C20H14F3N5O2. The smallest absolute Gasteiger partial charge is 0.340 e. The van der Waals surface area contributed by atoms with Crippen LogP contribution >= 0.6 is 0 Å². The molecule has 0 aliphatic heterocycles. The third-order valence-corrected chi connectivity index (χ3v) is 4.28. The number of nitrogens with zero attached hydrogens (tertiary/aromatic N) is 1. The number of anilines is 3. The molecule has 10 heteroatoms. The topological polar surface area (TPSA) is 103 Å². The van der Waals surface area contributed by atoms with E-state index in [-0.39, 0.29) is 22.8 Å². The summed E-state index contributed by atoms with van der Waals surface area (Å²) in [4.78, 5) is 33.4. The summed E-state index contributed by atoms with van der Waals surface area (Å²) >= 11 is 0. The molecule has 7 nitrogen and oxygen atoms in total. The van der Waals surface area contributed by atoms with Gasteiger partial charge in [0.1, 0.15) is 5.82 Å². The van der Waals surface area contributed by atoms with Gasteiger partial charge in [-0.3, -0.25) is 4.79 Å². The van der Waals surface area contributed by atoms with Crippen molar-refractivity contribution in [2.75, 3.05) is 10.6 Å².